The SMILES string of the molecule is O=C(NCC1CCCN1)c1cncs1. The average molecular weight is 211 g/mol. The standard InChI is InChI=1S/C9H13N3OS/c13-9(8-5-10-6-14-8)12-4-7-2-1-3-11-7/h5-7,11H,1-4H2,(H,12,13). The highest BCUT2D eigenvalue weighted by molar-refractivity contribution is 7.11. The van der Waals surface area contributed by atoms with E-state index in [1.165, 1.54) is 17.8 Å². The van der Waals surface area contributed by atoms with E-state index in [1.807, 2.05) is 0 Å². The number of hydrogen-bond donors (Lipinski definition) is 2. The maximum Gasteiger partial charge on any atom is 0.263 e. The molecule has 0 bridgehead atoms. The Bertz CT molecular complexity index is 293. The smallest absolute Gasteiger partial charge is 0.263 e. The van der Waals surface area contributed by atoms with Crippen molar-refractivity contribution >= 4 is 17.2 Å². The summed E-state index contributed by atoms with van der Waals surface area (Å²) in [6.45, 7) is 1.79. The first kappa shape index (κ1) is 9.61. The van der Waals surface area contributed by atoms with Crippen LogP contribution in [0.15, 0.2) is 11.7 Å². The Morgan fingerprint density at radius 3 is 3.36 bits per heavy atom. The highest BCUT2D eigenvalue weighted by Gasteiger charge is 2.15. The molecule has 2 heterocycles. The third kappa shape index (κ3) is 2.30. The van der Waals surface area contributed by atoms with Gasteiger partial charge in [-0.3, -0.25) is 9.78 Å². The number of carbonyl (C=O) groups excluding carboxylic acids is 1. The van der Waals surface area contributed by atoms with Gasteiger partial charge in [-0.25, -0.2) is 0 Å². The van der Waals surface area contributed by atoms with Gasteiger partial charge in [0.05, 0.1) is 11.7 Å². The Labute approximate surface area is 86.7 Å². The second-order valence-electron chi connectivity index (χ2n) is 3.37. The first-order chi connectivity index (χ1) is 6.86. The van der Waals surface area contributed by atoms with Gasteiger partial charge in [0.25, 0.3) is 5.91 Å². The van der Waals surface area contributed by atoms with E-state index in [4.69, 9.17) is 0 Å². The van der Waals surface area contributed by atoms with Crippen LogP contribution in [-0.2, 0) is 0 Å². The van der Waals surface area contributed by atoms with Crippen LogP contribution >= 0.6 is 11.3 Å². The van der Waals surface area contributed by atoms with Crippen LogP contribution in [0.5, 0.6) is 0 Å². The van der Waals surface area contributed by atoms with Crippen LogP contribution in [-0.4, -0.2) is 30.0 Å². The summed E-state index contributed by atoms with van der Waals surface area (Å²) in [7, 11) is 0. The van der Waals surface area contributed by atoms with Crippen molar-refractivity contribution in [1.82, 2.24) is 15.6 Å². The number of rotatable bonds is 3. The Morgan fingerprint density at radius 2 is 2.71 bits per heavy atom. The minimum Gasteiger partial charge on any atom is -0.350 e. The van der Waals surface area contributed by atoms with Crippen molar-refractivity contribution in [3.05, 3.63) is 16.6 Å². The van der Waals surface area contributed by atoms with Gasteiger partial charge in [-0.15, -0.1) is 11.3 Å². The summed E-state index contributed by atoms with van der Waals surface area (Å²) in [5.41, 5.74) is 1.67. The van der Waals surface area contributed by atoms with E-state index in [1.54, 1.807) is 11.7 Å². The molecular weight excluding hydrogens is 198 g/mol. The topological polar surface area (TPSA) is 54.0 Å². The predicted octanol–water partition coefficient (Wildman–Crippen LogP) is 0.625. The lowest BCUT2D eigenvalue weighted by Crippen LogP contribution is -2.36. The van der Waals surface area contributed by atoms with Crippen LogP contribution in [0.4, 0.5) is 0 Å². The molecule has 0 aromatic carbocycles. The molecule has 1 aliphatic rings. The maximum absolute atomic E-state index is 11.5. The lowest BCUT2D eigenvalue weighted by Gasteiger charge is -2.10. The van der Waals surface area contributed by atoms with Crippen LogP contribution in [0.1, 0.15) is 22.5 Å². The van der Waals surface area contributed by atoms with Crippen molar-refractivity contribution < 1.29 is 4.79 Å². The molecule has 1 amide bonds. The van der Waals surface area contributed by atoms with Crippen molar-refractivity contribution in [1.29, 1.82) is 0 Å². The Morgan fingerprint density at radius 1 is 1.79 bits per heavy atom. The zero-order valence-electron chi connectivity index (χ0n) is 7.82. The Balaban J connectivity index is 1.78. The van der Waals surface area contributed by atoms with Crippen molar-refractivity contribution in [2.45, 2.75) is 18.9 Å². The van der Waals surface area contributed by atoms with Crippen molar-refractivity contribution in [2.24, 2.45) is 0 Å². The fourth-order valence-electron chi connectivity index (χ4n) is 1.56. The van der Waals surface area contributed by atoms with Crippen LogP contribution in [0.25, 0.3) is 0 Å². The minimum atomic E-state index is -0.0128. The summed E-state index contributed by atoms with van der Waals surface area (Å²) >= 11 is 1.37. The molecule has 4 nitrogen and oxygen atoms in total. The van der Waals surface area contributed by atoms with Gasteiger partial charge < -0.3 is 10.6 Å². The molecule has 0 radical (unpaired) electrons. The lowest BCUT2D eigenvalue weighted by atomic mass is 10.2. The number of hydrogen-bond acceptors (Lipinski definition) is 4. The number of nitrogens with one attached hydrogen (secondary N) is 2. The van der Waals surface area contributed by atoms with Gasteiger partial charge in [0.2, 0.25) is 0 Å². The fraction of sp³-hybridized carbons (Fsp3) is 0.556. The number of thiazole rings is 1. The van der Waals surface area contributed by atoms with E-state index in [2.05, 4.69) is 15.6 Å². The monoisotopic (exact) mass is 211 g/mol. The van der Waals surface area contributed by atoms with E-state index in [-0.39, 0.29) is 5.91 Å². The molecule has 2 N–H and O–H groups in total. The molecule has 0 aliphatic carbocycles. The number of aromatic nitrogens is 1. The van der Waals surface area contributed by atoms with Gasteiger partial charge in [-0.2, -0.15) is 0 Å². The molecule has 0 spiro atoms. The van der Waals surface area contributed by atoms with Gasteiger partial charge in [-0.05, 0) is 19.4 Å². The zero-order chi connectivity index (χ0) is 9.80. The largest absolute Gasteiger partial charge is 0.350 e. The normalized spacial score (nSPS) is 21.0. The van der Waals surface area contributed by atoms with Gasteiger partial charge >= 0.3 is 0 Å². The number of carbonyl (C=O) groups is 1. The molecule has 5 heteroatoms. The first-order valence-corrected chi connectivity index (χ1v) is 5.64. The summed E-state index contributed by atoms with van der Waals surface area (Å²) in [6.07, 6.45) is 3.96. The minimum absolute atomic E-state index is 0.0128. The lowest BCUT2D eigenvalue weighted by molar-refractivity contribution is 0.0954. The van der Waals surface area contributed by atoms with Crippen LogP contribution < -0.4 is 10.6 Å². The second-order valence-corrected chi connectivity index (χ2v) is 4.26. The number of nitrogens with zero attached hydrogens (tertiary/aromatic N) is 1. The molecule has 76 valence electrons. The molecule has 14 heavy (non-hydrogen) atoms. The average Bonchev–Trinajstić information content (AvgIpc) is 2.87. The van der Waals surface area contributed by atoms with Gasteiger partial charge in [0.1, 0.15) is 4.88 Å². The molecule has 0 saturated carbocycles. The quantitative estimate of drug-likeness (QED) is 0.771. The maximum atomic E-state index is 11.5. The third-order valence-corrected chi connectivity index (χ3v) is 3.10. The Hall–Kier alpha value is -0.940. The number of amides is 1. The molecule has 1 atom stereocenters. The first-order valence-electron chi connectivity index (χ1n) is 4.76. The van der Waals surface area contributed by atoms with Crippen LogP contribution in [0.3, 0.4) is 0 Å². The summed E-state index contributed by atoms with van der Waals surface area (Å²) in [5.74, 6) is -0.0128. The van der Waals surface area contributed by atoms with Crippen LogP contribution in [0, 0.1) is 0 Å². The van der Waals surface area contributed by atoms with Gasteiger partial charge in [-0.1, -0.05) is 0 Å². The Kier molecular flexibility index (Phi) is 3.10. The molecule has 1 unspecified atom stereocenters. The highest BCUT2D eigenvalue weighted by Crippen LogP contribution is 2.06. The third-order valence-electron chi connectivity index (χ3n) is 2.33. The van der Waals surface area contributed by atoms with Crippen LogP contribution in [0.2, 0.25) is 0 Å². The van der Waals surface area contributed by atoms with E-state index < -0.39 is 0 Å². The molecule has 1 aromatic rings. The summed E-state index contributed by atoms with van der Waals surface area (Å²) < 4.78 is 0. The highest BCUT2D eigenvalue weighted by atomic mass is 32.1. The molecule has 2 rings (SSSR count). The van der Waals surface area contributed by atoms with E-state index in [0.717, 1.165) is 19.5 Å². The van der Waals surface area contributed by atoms with E-state index in [0.29, 0.717) is 10.9 Å². The van der Waals surface area contributed by atoms with E-state index in [9.17, 15) is 4.79 Å². The predicted molar refractivity (Wildman–Crippen MR) is 55.5 cm³/mol. The van der Waals surface area contributed by atoms with Gasteiger partial charge in [0, 0.05) is 12.6 Å². The second kappa shape index (κ2) is 4.52. The summed E-state index contributed by atoms with van der Waals surface area (Å²) in [6, 6.07) is 0.451. The summed E-state index contributed by atoms with van der Waals surface area (Å²) in [5, 5.41) is 6.23. The zero-order valence-corrected chi connectivity index (χ0v) is 8.64. The van der Waals surface area contributed by atoms with Crippen molar-refractivity contribution in [2.75, 3.05) is 13.1 Å². The van der Waals surface area contributed by atoms with Gasteiger partial charge in [0.15, 0.2) is 0 Å². The molecule has 1 saturated heterocycles. The molecule has 1 aromatic heterocycles. The molecule has 1 aliphatic heterocycles. The van der Waals surface area contributed by atoms with Crippen molar-refractivity contribution in [3.8, 4) is 0 Å². The molecular formula is C9H13N3OS. The summed E-state index contributed by atoms with van der Waals surface area (Å²) in [4.78, 5) is 16.0. The fourth-order valence-corrected chi connectivity index (χ4v) is 2.10. The molecule has 1 fully saturated rings. The van der Waals surface area contributed by atoms with E-state index >= 15 is 0 Å². The van der Waals surface area contributed by atoms with Crippen molar-refractivity contribution in [3.63, 3.8) is 0 Å².